The van der Waals surface area contributed by atoms with Gasteiger partial charge in [0, 0.05) is 12.3 Å². The smallest absolute Gasteiger partial charge is 0.246 e. The molecule has 0 aromatic rings. The molecule has 0 fully saturated rings. The first-order valence-electron chi connectivity index (χ1n) is 4.97. The highest BCUT2D eigenvalue weighted by atomic mass is 15.2. The van der Waals surface area contributed by atoms with Crippen LogP contribution >= 0.6 is 0 Å². The molecule has 0 N–H and O–H groups in total. The first-order chi connectivity index (χ1) is 5.69. The topological polar surface area (TPSA) is 6.25 Å². The number of hydrogen-bond donors (Lipinski definition) is 0. The van der Waals surface area contributed by atoms with Crippen LogP contribution in [0.1, 0.15) is 26.7 Å². The van der Waals surface area contributed by atoms with Crippen LogP contribution in [0.5, 0.6) is 0 Å². The van der Waals surface area contributed by atoms with Gasteiger partial charge in [-0.2, -0.15) is 0 Å². The van der Waals surface area contributed by atoms with Crippen LogP contribution in [0.4, 0.5) is 0 Å². The van der Waals surface area contributed by atoms with Crippen LogP contribution in [0.2, 0.25) is 0 Å². The summed E-state index contributed by atoms with van der Waals surface area (Å²) >= 11 is 0. The molecule has 0 saturated heterocycles. The Bertz CT molecular complexity index is 184. The van der Waals surface area contributed by atoms with E-state index in [0.29, 0.717) is 0 Å². The van der Waals surface area contributed by atoms with Gasteiger partial charge in [-0.3, -0.25) is 9.48 Å². The van der Waals surface area contributed by atoms with Crippen molar-refractivity contribution in [1.82, 2.24) is 4.90 Å². The van der Waals surface area contributed by atoms with Gasteiger partial charge in [0.05, 0.1) is 27.2 Å². The molecule has 2 nitrogen and oxygen atoms in total. The quantitative estimate of drug-likeness (QED) is 0.566. The summed E-state index contributed by atoms with van der Waals surface area (Å²) in [5.41, 5.74) is 0. The second-order valence-electron chi connectivity index (χ2n) is 3.81. The predicted octanol–water partition coefficient (Wildman–Crippen LogP) is 1.41. The molecule has 2 heteroatoms. The third-order valence-electron chi connectivity index (χ3n) is 2.84. The van der Waals surface area contributed by atoms with E-state index in [9.17, 15) is 0 Å². The summed E-state index contributed by atoms with van der Waals surface area (Å²) in [5, 5.41) is 0. The molecule has 0 aromatic heterocycles. The van der Waals surface area contributed by atoms with Gasteiger partial charge < -0.3 is 0 Å². The molecule has 1 unspecified atom stereocenters. The van der Waals surface area contributed by atoms with Crippen LogP contribution in [-0.2, 0) is 0 Å². The monoisotopic (exact) mass is 169 g/mol. The lowest BCUT2D eigenvalue weighted by atomic mass is 10.0. The maximum absolute atomic E-state index is 2.40. The fourth-order valence-electron chi connectivity index (χ4n) is 2.13. The summed E-state index contributed by atoms with van der Waals surface area (Å²) < 4.78 is 2.40. The molecule has 70 valence electrons. The van der Waals surface area contributed by atoms with Crippen molar-refractivity contribution in [2.45, 2.75) is 26.7 Å². The lowest BCUT2D eigenvalue weighted by Crippen LogP contribution is -2.45. The minimum absolute atomic E-state index is 0.857. The lowest BCUT2D eigenvalue weighted by molar-refractivity contribution is -0.518. The average molecular weight is 169 g/mol. The Balaban J connectivity index is 2.72. The van der Waals surface area contributed by atoms with Crippen molar-refractivity contribution in [3.63, 3.8) is 0 Å². The molecule has 0 spiro atoms. The second-order valence-corrected chi connectivity index (χ2v) is 3.81. The highest BCUT2D eigenvalue weighted by molar-refractivity contribution is 5.77. The molecule has 12 heavy (non-hydrogen) atoms. The molecule has 0 saturated carbocycles. The molecule has 1 atom stereocenters. The second kappa shape index (κ2) is 3.92. The van der Waals surface area contributed by atoms with Crippen molar-refractivity contribution in [1.29, 1.82) is 0 Å². The van der Waals surface area contributed by atoms with E-state index < -0.39 is 0 Å². The van der Waals surface area contributed by atoms with E-state index in [4.69, 9.17) is 0 Å². The van der Waals surface area contributed by atoms with Gasteiger partial charge in [0.25, 0.3) is 0 Å². The van der Waals surface area contributed by atoms with Crippen molar-refractivity contribution >= 4 is 5.84 Å². The zero-order valence-corrected chi connectivity index (χ0v) is 8.80. The Morgan fingerprint density at radius 2 is 2.17 bits per heavy atom. The first-order valence-corrected chi connectivity index (χ1v) is 4.97. The minimum Gasteiger partial charge on any atom is -0.268 e. The molecule has 0 radical (unpaired) electrons. The van der Waals surface area contributed by atoms with Crippen molar-refractivity contribution in [3.8, 4) is 0 Å². The molecule has 0 aliphatic carbocycles. The van der Waals surface area contributed by atoms with Crippen LogP contribution in [-0.4, -0.2) is 42.5 Å². The summed E-state index contributed by atoms with van der Waals surface area (Å²) in [6, 6.07) is 0. The third-order valence-corrected chi connectivity index (χ3v) is 2.84. The Labute approximate surface area is 75.9 Å². The molecule has 1 aliphatic heterocycles. The standard InChI is InChI=1S/C10H21N2/c1-5-9-7-11(3)10(6-2)12(4)8-9/h9H,5-8H2,1-4H3/q+1. The van der Waals surface area contributed by atoms with E-state index in [-0.39, 0.29) is 0 Å². The largest absolute Gasteiger partial charge is 0.268 e. The van der Waals surface area contributed by atoms with Crippen molar-refractivity contribution in [2.24, 2.45) is 5.92 Å². The Kier molecular flexibility index (Phi) is 3.12. The zero-order chi connectivity index (χ0) is 9.14. The highest BCUT2D eigenvalue weighted by Crippen LogP contribution is 2.11. The maximum Gasteiger partial charge on any atom is 0.246 e. The van der Waals surface area contributed by atoms with Gasteiger partial charge >= 0.3 is 0 Å². The maximum atomic E-state index is 2.40. The van der Waals surface area contributed by atoms with Crippen LogP contribution in [0, 0.1) is 5.92 Å². The third kappa shape index (κ3) is 1.79. The van der Waals surface area contributed by atoms with Gasteiger partial charge in [0.1, 0.15) is 0 Å². The Morgan fingerprint density at radius 3 is 2.58 bits per heavy atom. The van der Waals surface area contributed by atoms with Crippen LogP contribution in [0.25, 0.3) is 0 Å². The van der Waals surface area contributed by atoms with Crippen molar-refractivity contribution in [2.75, 3.05) is 27.2 Å². The highest BCUT2D eigenvalue weighted by Gasteiger charge is 2.26. The Morgan fingerprint density at radius 1 is 1.50 bits per heavy atom. The fourth-order valence-corrected chi connectivity index (χ4v) is 2.13. The van der Waals surface area contributed by atoms with E-state index in [1.165, 1.54) is 25.3 Å². The predicted molar refractivity (Wildman–Crippen MR) is 52.8 cm³/mol. The first kappa shape index (κ1) is 9.56. The molecule has 1 heterocycles. The molecule has 0 aromatic carbocycles. The minimum atomic E-state index is 0.857. The van der Waals surface area contributed by atoms with E-state index >= 15 is 0 Å². The number of hydrogen-bond acceptors (Lipinski definition) is 1. The molecule has 0 amide bonds. The van der Waals surface area contributed by atoms with Crippen molar-refractivity contribution in [3.05, 3.63) is 0 Å². The van der Waals surface area contributed by atoms with Gasteiger partial charge in [0.15, 0.2) is 0 Å². The Hall–Kier alpha value is -0.530. The summed E-state index contributed by atoms with van der Waals surface area (Å²) in [4.78, 5) is 2.40. The van der Waals surface area contributed by atoms with Gasteiger partial charge in [-0.15, -0.1) is 0 Å². The number of rotatable bonds is 2. The summed E-state index contributed by atoms with van der Waals surface area (Å²) in [5.74, 6) is 2.34. The molecule has 0 bridgehead atoms. The lowest BCUT2D eigenvalue weighted by Gasteiger charge is -2.27. The van der Waals surface area contributed by atoms with E-state index in [0.717, 1.165) is 12.3 Å². The molecular formula is C10H21N2+. The van der Waals surface area contributed by atoms with Crippen LogP contribution in [0.3, 0.4) is 0 Å². The summed E-state index contributed by atoms with van der Waals surface area (Å²) in [6.07, 6.45) is 2.45. The summed E-state index contributed by atoms with van der Waals surface area (Å²) in [6.45, 7) is 6.99. The SMILES string of the molecule is CCC1=[N+](C)CC(CC)CN1C. The number of amidine groups is 1. The van der Waals surface area contributed by atoms with E-state index in [1.54, 1.807) is 0 Å². The van der Waals surface area contributed by atoms with Crippen LogP contribution < -0.4 is 0 Å². The normalized spacial score (nSPS) is 25.0. The van der Waals surface area contributed by atoms with Crippen molar-refractivity contribution < 1.29 is 4.58 Å². The fraction of sp³-hybridized carbons (Fsp3) is 0.900. The molecule has 1 rings (SSSR count). The van der Waals surface area contributed by atoms with Gasteiger partial charge in [-0.05, 0) is 6.42 Å². The zero-order valence-electron chi connectivity index (χ0n) is 8.80. The van der Waals surface area contributed by atoms with E-state index in [2.05, 4.69) is 37.4 Å². The number of nitrogens with zero attached hydrogens (tertiary/aromatic N) is 2. The van der Waals surface area contributed by atoms with Gasteiger partial charge in [-0.25, -0.2) is 0 Å². The summed E-state index contributed by atoms with van der Waals surface area (Å²) in [7, 11) is 4.41. The van der Waals surface area contributed by atoms with E-state index in [1.807, 2.05) is 0 Å². The van der Waals surface area contributed by atoms with Gasteiger partial charge in [0.2, 0.25) is 5.84 Å². The van der Waals surface area contributed by atoms with Gasteiger partial charge in [-0.1, -0.05) is 13.8 Å². The molecule has 1 aliphatic rings. The van der Waals surface area contributed by atoms with Crippen LogP contribution in [0.15, 0.2) is 0 Å². The molecular weight excluding hydrogens is 148 g/mol. The average Bonchev–Trinajstić information content (AvgIpc) is 2.03.